The summed E-state index contributed by atoms with van der Waals surface area (Å²) in [6.07, 6.45) is 0. The lowest BCUT2D eigenvalue weighted by molar-refractivity contribution is 0.0342. The summed E-state index contributed by atoms with van der Waals surface area (Å²) in [7, 11) is -9.43. The molecule has 1 aliphatic rings. The van der Waals surface area contributed by atoms with E-state index < -0.39 is 29.2 Å². The molecule has 1 aliphatic heterocycles. The standard InChI is InChI=1S/C21H21FN3O6PS2/c22-18-10-15(2-3-16(18)12-23)21(32(26,27)28)24-34(29,30)20-11-17-9-14(1-4-19(17)33-20)13-25-5-7-31-8-6-25/h1-4,9-11,21,24H,5-8,13H2,(H2,26,27,28). The van der Waals surface area contributed by atoms with E-state index in [0.717, 1.165) is 48.2 Å². The van der Waals surface area contributed by atoms with E-state index in [-0.39, 0.29) is 15.3 Å². The van der Waals surface area contributed by atoms with Crippen molar-refractivity contribution in [2.45, 2.75) is 16.5 Å². The molecule has 0 aliphatic carbocycles. The number of ether oxygens (including phenoxy) is 1. The van der Waals surface area contributed by atoms with Gasteiger partial charge in [-0.3, -0.25) is 9.46 Å². The van der Waals surface area contributed by atoms with Gasteiger partial charge in [-0.2, -0.15) is 9.98 Å². The molecule has 0 radical (unpaired) electrons. The first-order valence-corrected chi connectivity index (χ1v) is 14.1. The van der Waals surface area contributed by atoms with Crippen molar-refractivity contribution in [3.05, 3.63) is 65.0 Å². The Kier molecular flexibility index (Phi) is 7.19. The van der Waals surface area contributed by atoms with Crippen molar-refractivity contribution >= 4 is 39.0 Å². The maximum absolute atomic E-state index is 14.0. The lowest BCUT2D eigenvalue weighted by atomic mass is 10.1. The van der Waals surface area contributed by atoms with Crippen LogP contribution in [0.1, 0.15) is 22.5 Å². The average Bonchev–Trinajstić information content (AvgIpc) is 3.22. The van der Waals surface area contributed by atoms with Gasteiger partial charge in [0.15, 0.2) is 0 Å². The van der Waals surface area contributed by atoms with Gasteiger partial charge >= 0.3 is 7.60 Å². The molecule has 0 saturated carbocycles. The molecule has 0 bridgehead atoms. The molecule has 34 heavy (non-hydrogen) atoms. The van der Waals surface area contributed by atoms with E-state index in [2.05, 4.69) is 4.90 Å². The SMILES string of the molecule is N#Cc1ccc(C(NS(=O)(=O)c2cc3cc(CN4CCOCC4)ccc3s2)P(=O)(O)O)cc1F. The molecular weight excluding hydrogens is 504 g/mol. The second-order valence-electron chi connectivity index (χ2n) is 7.79. The Balaban J connectivity index is 1.61. The largest absolute Gasteiger partial charge is 0.379 e. The molecule has 1 aromatic heterocycles. The smallest absolute Gasteiger partial charge is 0.347 e. The van der Waals surface area contributed by atoms with Crippen molar-refractivity contribution in [1.82, 2.24) is 9.62 Å². The summed E-state index contributed by atoms with van der Waals surface area (Å²) in [5, 5.41) is 9.55. The highest BCUT2D eigenvalue weighted by Gasteiger charge is 2.36. The Morgan fingerprint density at radius 1 is 1.21 bits per heavy atom. The number of sulfonamides is 1. The van der Waals surface area contributed by atoms with E-state index >= 15 is 0 Å². The molecule has 1 atom stereocenters. The van der Waals surface area contributed by atoms with E-state index in [1.165, 1.54) is 6.07 Å². The number of halogens is 1. The van der Waals surface area contributed by atoms with E-state index in [0.29, 0.717) is 29.8 Å². The molecule has 2 heterocycles. The molecule has 1 unspecified atom stereocenters. The number of hydrogen-bond acceptors (Lipinski definition) is 7. The Bertz CT molecular complexity index is 1410. The molecular formula is C21H21FN3O6PS2. The Hall–Kier alpha value is -2.20. The van der Waals surface area contributed by atoms with Crippen LogP contribution in [-0.2, 0) is 25.9 Å². The van der Waals surface area contributed by atoms with Gasteiger partial charge in [0.25, 0.3) is 10.0 Å². The van der Waals surface area contributed by atoms with Gasteiger partial charge in [0.2, 0.25) is 0 Å². The van der Waals surface area contributed by atoms with Crippen LogP contribution in [0, 0.1) is 17.1 Å². The van der Waals surface area contributed by atoms with Crippen LogP contribution in [-0.4, -0.2) is 49.4 Å². The molecule has 3 N–H and O–H groups in total. The molecule has 1 fully saturated rings. The first-order valence-electron chi connectivity index (χ1n) is 10.2. The zero-order valence-electron chi connectivity index (χ0n) is 17.7. The predicted molar refractivity (Wildman–Crippen MR) is 124 cm³/mol. The van der Waals surface area contributed by atoms with E-state index in [1.54, 1.807) is 6.07 Å². The minimum atomic E-state index is -5.07. The fraction of sp³-hybridized carbons (Fsp3) is 0.286. The third-order valence-corrected chi connectivity index (χ3v) is 9.65. The Morgan fingerprint density at radius 3 is 2.59 bits per heavy atom. The minimum absolute atomic E-state index is 0.126. The molecule has 0 spiro atoms. The summed E-state index contributed by atoms with van der Waals surface area (Å²) >= 11 is 0.962. The average molecular weight is 526 g/mol. The van der Waals surface area contributed by atoms with Crippen LogP contribution in [0.15, 0.2) is 46.7 Å². The zero-order chi connectivity index (χ0) is 24.5. The van der Waals surface area contributed by atoms with Gasteiger partial charge in [-0.05, 0) is 46.8 Å². The third kappa shape index (κ3) is 5.54. The molecule has 4 rings (SSSR count). The predicted octanol–water partition coefficient (Wildman–Crippen LogP) is 2.90. The first-order chi connectivity index (χ1) is 16.1. The van der Waals surface area contributed by atoms with E-state index in [1.807, 2.05) is 22.9 Å². The van der Waals surface area contributed by atoms with Crippen LogP contribution < -0.4 is 4.72 Å². The molecule has 2 aromatic carbocycles. The van der Waals surface area contributed by atoms with Gasteiger partial charge in [-0.1, -0.05) is 12.1 Å². The fourth-order valence-electron chi connectivity index (χ4n) is 3.64. The first kappa shape index (κ1) is 24.9. The van der Waals surface area contributed by atoms with Crippen LogP contribution in [0.3, 0.4) is 0 Å². The van der Waals surface area contributed by atoms with Crippen molar-refractivity contribution in [1.29, 1.82) is 5.26 Å². The summed E-state index contributed by atoms with van der Waals surface area (Å²) in [4.78, 5) is 21.8. The van der Waals surface area contributed by atoms with E-state index in [9.17, 15) is 27.2 Å². The van der Waals surface area contributed by atoms with Crippen molar-refractivity contribution < 1.29 is 31.9 Å². The highest BCUT2D eigenvalue weighted by atomic mass is 32.2. The van der Waals surface area contributed by atoms with Crippen LogP contribution in [0.4, 0.5) is 4.39 Å². The Morgan fingerprint density at radius 2 is 1.94 bits per heavy atom. The third-order valence-electron chi connectivity index (χ3n) is 5.37. The van der Waals surface area contributed by atoms with Crippen LogP contribution >= 0.6 is 18.9 Å². The topological polar surface area (TPSA) is 140 Å². The van der Waals surface area contributed by atoms with Crippen molar-refractivity contribution in [2.75, 3.05) is 26.3 Å². The van der Waals surface area contributed by atoms with Crippen LogP contribution in [0.5, 0.6) is 0 Å². The molecule has 13 heteroatoms. The number of nitrogens with one attached hydrogen (secondary N) is 1. The normalized spacial score (nSPS) is 16.4. The Labute approximate surface area is 199 Å². The highest BCUT2D eigenvalue weighted by Crippen LogP contribution is 2.51. The summed E-state index contributed by atoms with van der Waals surface area (Å²) < 4.78 is 60.1. The molecule has 180 valence electrons. The molecule has 1 saturated heterocycles. The maximum atomic E-state index is 14.0. The maximum Gasteiger partial charge on any atom is 0.347 e. The lowest BCUT2D eigenvalue weighted by Gasteiger charge is -2.26. The number of hydrogen-bond donors (Lipinski definition) is 3. The number of benzene rings is 2. The van der Waals surface area contributed by atoms with Crippen molar-refractivity contribution in [3.63, 3.8) is 0 Å². The minimum Gasteiger partial charge on any atom is -0.379 e. The van der Waals surface area contributed by atoms with Gasteiger partial charge in [0.05, 0.1) is 18.8 Å². The second-order valence-corrected chi connectivity index (χ2v) is 12.5. The van der Waals surface area contributed by atoms with Gasteiger partial charge in [-0.25, -0.2) is 12.8 Å². The quantitative estimate of drug-likeness (QED) is 0.400. The number of thiophene rings is 1. The fourth-order valence-corrected chi connectivity index (χ4v) is 7.61. The molecule has 9 nitrogen and oxygen atoms in total. The number of nitriles is 1. The van der Waals surface area contributed by atoms with Crippen LogP contribution in [0.2, 0.25) is 0 Å². The summed E-state index contributed by atoms with van der Waals surface area (Å²) in [5.74, 6) is -3.02. The van der Waals surface area contributed by atoms with Gasteiger partial charge in [-0.15, -0.1) is 11.3 Å². The van der Waals surface area contributed by atoms with Gasteiger partial charge in [0, 0.05) is 24.3 Å². The summed E-state index contributed by atoms with van der Waals surface area (Å²) in [6, 6.07) is 11.5. The number of rotatable bonds is 7. The van der Waals surface area contributed by atoms with E-state index in [4.69, 9.17) is 10.00 Å². The number of morpholine rings is 1. The monoisotopic (exact) mass is 525 g/mol. The van der Waals surface area contributed by atoms with Gasteiger partial charge in [0.1, 0.15) is 21.9 Å². The molecule has 0 amide bonds. The van der Waals surface area contributed by atoms with Gasteiger partial charge < -0.3 is 14.5 Å². The zero-order valence-corrected chi connectivity index (χ0v) is 20.2. The lowest BCUT2D eigenvalue weighted by Crippen LogP contribution is -2.35. The second kappa shape index (κ2) is 9.81. The summed E-state index contributed by atoms with van der Waals surface area (Å²) in [5.41, 5.74) is 0.390. The number of fused-ring (bicyclic) bond motifs is 1. The molecule has 3 aromatic rings. The van der Waals surface area contributed by atoms with Crippen molar-refractivity contribution in [2.24, 2.45) is 0 Å². The van der Waals surface area contributed by atoms with Crippen LogP contribution in [0.25, 0.3) is 10.1 Å². The highest BCUT2D eigenvalue weighted by molar-refractivity contribution is 7.92. The number of nitrogens with zero attached hydrogens (tertiary/aromatic N) is 2. The van der Waals surface area contributed by atoms with Crippen molar-refractivity contribution in [3.8, 4) is 6.07 Å². The summed E-state index contributed by atoms with van der Waals surface area (Å²) in [6.45, 7) is 3.65.